The summed E-state index contributed by atoms with van der Waals surface area (Å²) in [6.07, 6.45) is 4.44. The first-order valence-electron chi connectivity index (χ1n) is 10.5. The van der Waals surface area contributed by atoms with E-state index in [0.29, 0.717) is 17.7 Å². The summed E-state index contributed by atoms with van der Waals surface area (Å²) in [5, 5.41) is 4.51. The molecule has 0 spiro atoms. The summed E-state index contributed by atoms with van der Waals surface area (Å²) in [5.74, 6) is 1.52. The Morgan fingerprint density at radius 3 is 2.65 bits per heavy atom. The Morgan fingerprint density at radius 1 is 1.03 bits per heavy atom. The number of nitrogens with zero attached hydrogens (tertiary/aromatic N) is 3. The van der Waals surface area contributed by atoms with Crippen LogP contribution in [-0.4, -0.2) is 14.5 Å². The van der Waals surface area contributed by atoms with Crippen LogP contribution in [0.2, 0.25) is 0 Å². The molecule has 0 radical (unpaired) electrons. The van der Waals surface area contributed by atoms with Crippen molar-refractivity contribution in [3.63, 3.8) is 0 Å². The smallest absolute Gasteiger partial charge is 0.262 e. The van der Waals surface area contributed by atoms with E-state index in [4.69, 9.17) is 14.7 Å². The number of hydrogen-bond acceptors (Lipinski definition) is 6. The van der Waals surface area contributed by atoms with Gasteiger partial charge in [0, 0.05) is 17.2 Å². The highest BCUT2D eigenvalue weighted by Crippen LogP contribution is 2.33. The zero-order chi connectivity index (χ0) is 21.0. The summed E-state index contributed by atoms with van der Waals surface area (Å²) in [7, 11) is 0. The van der Waals surface area contributed by atoms with E-state index in [1.54, 1.807) is 23.1 Å². The van der Waals surface area contributed by atoms with E-state index in [2.05, 4.69) is 5.38 Å². The Hall–Kier alpha value is -2.64. The number of thiazole rings is 1. The van der Waals surface area contributed by atoms with E-state index in [1.165, 1.54) is 12.8 Å². The van der Waals surface area contributed by atoms with E-state index in [0.717, 1.165) is 40.0 Å². The average molecular weight is 450 g/mol. The van der Waals surface area contributed by atoms with Gasteiger partial charge in [0.2, 0.25) is 0 Å². The number of benzene rings is 2. The number of aromatic nitrogens is 3. The SMILES string of the molecule is O=c1c2ccccc2nc(SCc2csc(COc3ccccc3)n2)n1C1CCCC1. The second-order valence-electron chi connectivity index (χ2n) is 7.65. The molecule has 1 aliphatic rings. The minimum absolute atomic E-state index is 0.0789. The van der Waals surface area contributed by atoms with Gasteiger partial charge in [0.1, 0.15) is 17.4 Å². The molecule has 2 aromatic carbocycles. The molecule has 0 N–H and O–H groups in total. The maximum absolute atomic E-state index is 13.3. The third-order valence-corrected chi connectivity index (χ3v) is 7.38. The van der Waals surface area contributed by atoms with Gasteiger partial charge in [-0.15, -0.1) is 11.3 Å². The predicted molar refractivity (Wildman–Crippen MR) is 126 cm³/mol. The molecule has 7 heteroatoms. The largest absolute Gasteiger partial charge is 0.486 e. The van der Waals surface area contributed by atoms with E-state index < -0.39 is 0 Å². The van der Waals surface area contributed by atoms with Gasteiger partial charge in [-0.25, -0.2) is 9.97 Å². The van der Waals surface area contributed by atoms with Gasteiger partial charge >= 0.3 is 0 Å². The van der Waals surface area contributed by atoms with E-state index in [-0.39, 0.29) is 11.6 Å². The summed E-state index contributed by atoms with van der Waals surface area (Å²) < 4.78 is 7.74. The second-order valence-corrected chi connectivity index (χ2v) is 9.53. The molecular weight excluding hydrogens is 426 g/mol. The van der Waals surface area contributed by atoms with Crippen molar-refractivity contribution in [1.29, 1.82) is 0 Å². The van der Waals surface area contributed by atoms with Crippen molar-refractivity contribution in [2.24, 2.45) is 0 Å². The molecule has 5 nitrogen and oxygen atoms in total. The van der Waals surface area contributed by atoms with Gasteiger partial charge in [0.15, 0.2) is 5.16 Å². The van der Waals surface area contributed by atoms with E-state index in [9.17, 15) is 4.79 Å². The zero-order valence-electron chi connectivity index (χ0n) is 17.1. The molecule has 2 aromatic heterocycles. The van der Waals surface area contributed by atoms with Gasteiger partial charge in [-0.1, -0.05) is 54.9 Å². The normalized spacial score (nSPS) is 14.3. The second kappa shape index (κ2) is 9.24. The maximum atomic E-state index is 13.3. The molecule has 0 saturated heterocycles. The minimum atomic E-state index is 0.0789. The molecule has 158 valence electrons. The van der Waals surface area contributed by atoms with Crippen molar-refractivity contribution < 1.29 is 4.74 Å². The predicted octanol–water partition coefficient (Wildman–Crippen LogP) is 5.84. The summed E-state index contributed by atoms with van der Waals surface area (Å²) in [6, 6.07) is 17.7. The summed E-state index contributed by atoms with van der Waals surface area (Å²) in [5.41, 5.74) is 1.83. The molecule has 1 aliphatic carbocycles. The molecule has 0 bridgehead atoms. The molecule has 0 aliphatic heterocycles. The summed E-state index contributed by atoms with van der Waals surface area (Å²) >= 11 is 3.20. The van der Waals surface area contributed by atoms with Crippen molar-refractivity contribution in [3.05, 3.63) is 81.0 Å². The lowest BCUT2D eigenvalue weighted by Gasteiger charge is -2.18. The van der Waals surface area contributed by atoms with Crippen LogP contribution >= 0.6 is 23.1 Å². The maximum Gasteiger partial charge on any atom is 0.262 e. The lowest BCUT2D eigenvalue weighted by Crippen LogP contribution is -2.26. The third kappa shape index (κ3) is 4.52. The van der Waals surface area contributed by atoms with Gasteiger partial charge in [-0.2, -0.15) is 0 Å². The molecule has 4 aromatic rings. The van der Waals surface area contributed by atoms with Crippen LogP contribution in [0.3, 0.4) is 0 Å². The third-order valence-electron chi connectivity index (χ3n) is 5.52. The fraction of sp³-hybridized carbons (Fsp3) is 0.292. The van der Waals surface area contributed by atoms with Gasteiger partial charge in [0.05, 0.1) is 16.6 Å². The van der Waals surface area contributed by atoms with Crippen LogP contribution in [0.4, 0.5) is 0 Å². The highest BCUT2D eigenvalue weighted by Gasteiger charge is 2.23. The topological polar surface area (TPSA) is 57.0 Å². The molecule has 5 rings (SSSR count). The minimum Gasteiger partial charge on any atom is -0.486 e. The fourth-order valence-corrected chi connectivity index (χ4v) is 5.76. The molecule has 0 unspecified atom stereocenters. The number of para-hydroxylation sites is 2. The lowest BCUT2D eigenvalue weighted by atomic mass is 10.2. The average Bonchev–Trinajstić information content (AvgIpc) is 3.49. The van der Waals surface area contributed by atoms with Gasteiger partial charge in [-0.3, -0.25) is 9.36 Å². The van der Waals surface area contributed by atoms with Crippen LogP contribution in [-0.2, 0) is 12.4 Å². The first-order chi connectivity index (χ1) is 15.3. The Kier molecular flexibility index (Phi) is 6.04. The first kappa shape index (κ1) is 20.3. The molecule has 2 heterocycles. The Labute approximate surface area is 189 Å². The van der Waals surface area contributed by atoms with Gasteiger partial charge in [-0.05, 0) is 37.1 Å². The van der Waals surface area contributed by atoms with Crippen LogP contribution in [0, 0.1) is 0 Å². The zero-order valence-corrected chi connectivity index (χ0v) is 18.7. The number of ether oxygens (including phenoxy) is 1. The molecule has 1 saturated carbocycles. The molecule has 31 heavy (non-hydrogen) atoms. The van der Waals surface area contributed by atoms with E-state index in [1.807, 2.05) is 59.2 Å². The van der Waals surface area contributed by atoms with Crippen LogP contribution in [0.5, 0.6) is 5.75 Å². The number of hydrogen-bond donors (Lipinski definition) is 0. The van der Waals surface area contributed by atoms with Crippen molar-refractivity contribution >= 4 is 34.0 Å². The Morgan fingerprint density at radius 2 is 1.81 bits per heavy atom. The lowest BCUT2D eigenvalue weighted by molar-refractivity contribution is 0.305. The summed E-state index contributed by atoms with van der Waals surface area (Å²) in [4.78, 5) is 22.8. The van der Waals surface area contributed by atoms with Gasteiger partial charge in [0.25, 0.3) is 5.56 Å². The number of rotatable bonds is 7. The van der Waals surface area contributed by atoms with Gasteiger partial charge < -0.3 is 4.74 Å². The Balaban J connectivity index is 1.34. The standard InChI is InChI=1S/C24H23N3O2S2/c28-23-20-12-6-7-13-21(20)26-24(27(23)18-8-4-5-9-18)31-16-17-15-30-22(25-17)14-29-19-10-2-1-3-11-19/h1-3,6-7,10-13,15,18H,4-5,8-9,14,16H2. The van der Waals surface area contributed by atoms with E-state index >= 15 is 0 Å². The fourth-order valence-electron chi connectivity index (χ4n) is 3.99. The Bertz CT molecular complexity index is 1230. The number of thioether (sulfide) groups is 1. The molecule has 1 fully saturated rings. The van der Waals surface area contributed by atoms with Crippen LogP contribution < -0.4 is 10.3 Å². The quantitative estimate of drug-likeness (QED) is 0.262. The summed E-state index contributed by atoms with van der Waals surface area (Å²) in [6.45, 7) is 0.459. The van der Waals surface area contributed by atoms with Crippen LogP contribution in [0.25, 0.3) is 10.9 Å². The molecule has 0 amide bonds. The van der Waals surface area contributed by atoms with Crippen molar-refractivity contribution in [1.82, 2.24) is 14.5 Å². The highest BCUT2D eigenvalue weighted by molar-refractivity contribution is 7.98. The van der Waals surface area contributed by atoms with Crippen LogP contribution in [0.1, 0.15) is 42.4 Å². The highest BCUT2D eigenvalue weighted by atomic mass is 32.2. The monoisotopic (exact) mass is 449 g/mol. The molecule has 0 atom stereocenters. The first-order valence-corrected chi connectivity index (χ1v) is 12.4. The van der Waals surface area contributed by atoms with Crippen molar-refractivity contribution in [2.45, 2.75) is 49.2 Å². The van der Waals surface area contributed by atoms with Crippen molar-refractivity contribution in [3.8, 4) is 5.75 Å². The molecular formula is C24H23N3O2S2. The van der Waals surface area contributed by atoms with Crippen molar-refractivity contribution in [2.75, 3.05) is 0 Å². The van der Waals surface area contributed by atoms with Crippen LogP contribution in [0.15, 0.2) is 69.9 Å². The number of fused-ring (bicyclic) bond motifs is 1.